The molecule has 1 aromatic carbocycles. The van der Waals surface area contributed by atoms with E-state index in [9.17, 15) is 5.11 Å². The maximum absolute atomic E-state index is 10.6. The number of aliphatic hydroxyl groups is 1. The van der Waals surface area contributed by atoms with Crippen molar-refractivity contribution >= 4 is 22.7 Å². The first kappa shape index (κ1) is 18.2. The Bertz CT molecular complexity index is 913. The molecule has 0 saturated carbocycles. The summed E-state index contributed by atoms with van der Waals surface area (Å²) >= 11 is 3.59. The fourth-order valence-electron chi connectivity index (χ4n) is 3.49. The largest absolute Gasteiger partial charge is 0.491 e. The number of ether oxygens (including phenoxy) is 1. The van der Waals surface area contributed by atoms with Gasteiger partial charge in [0.15, 0.2) is 0 Å². The van der Waals surface area contributed by atoms with Crippen LogP contribution in [0.15, 0.2) is 53.2 Å². The van der Waals surface area contributed by atoms with Crippen molar-refractivity contribution in [2.75, 3.05) is 19.7 Å². The van der Waals surface area contributed by atoms with E-state index in [1.165, 1.54) is 15.3 Å². The number of nitrogens with zero attached hydrogens (tertiary/aromatic N) is 2. The Hall–Kier alpha value is -2.17. The lowest BCUT2D eigenvalue weighted by Gasteiger charge is -2.36. The smallest absolute Gasteiger partial charge is 0.119 e. The van der Waals surface area contributed by atoms with Crippen LogP contribution in [0.3, 0.4) is 0 Å². The highest BCUT2D eigenvalue weighted by molar-refractivity contribution is 7.10. The summed E-state index contributed by atoms with van der Waals surface area (Å²) in [5.41, 5.74) is 1.97. The normalized spacial score (nSPS) is 17.9. The molecule has 138 valence electrons. The molecule has 0 fully saturated rings. The van der Waals surface area contributed by atoms with Crippen molar-refractivity contribution < 1.29 is 9.84 Å². The fourth-order valence-corrected chi connectivity index (χ4v) is 5.27. The number of thiophene rings is 2. The van der Waals surface area contributed by atoms with Crippen molar-refractivity contribution in [2.45, 2.75) is 18.6 Å². The molecule has 0 unspecified atom stereocenters. The van der Waals surface area contributed by atoms with E-state index in [1.807, 2.05) is 11.3 Å². The van der Waals surface area contributed by atoms with Crippen LogP contribution in [0.4, 0.5) is 0 Å². The third kappa shape index (κ3) is 4.07. The highest BCUT2D eigenvalue weighted by Gasteiger charge is 2.31. The average molecular weight is 397 g/mol. The Morgan fingerprint density at radius 2 is 2.04 bits per heavy atom. The lowest BCUT2D eigenvalue weighted by atomic mass is 9.98. The molecular formula is C21H20N2O2S2. The summed E-state index contributed by atoms with van der Waals surface area (Å²) in [4.78, 5) is 5.12. The molecule has 4 rings (SSSR count). The standard InChI is InChI=1S/C21H20N2O2S2/c22-12-15-3-5-17(6-4-15)25-14-16(24)13-23-9-7-19-18(8-11-27-19)21(23)20-2-1-10-26-20/h1-6,8,10-11,16,21,24H,7,9,13-14H2/t16-,21-/m0/s1. The van der Waals surface area contributed by atoms with Gasteiger partial charge in [0, 0.05) is 22.8 Å². The molecule has 0 amide bonds. The maximum Gasteiger partial charge on any atom is 0.119 e. The van der Waals surface area contributed by atoms with E-state index in [2.05, 4.69) is 39.9 Å². The number of β-amino-alcohol motifs (C(OH)–C–C–N with tert-alkyl or cyclic N) is 1. The van der Waals surface area contributed by atoms with Gasteiger partial charge in [0.1, 0.15) is 18.5 Å². The van der Waals surface area contributed by atoms with Gasteiger partial charge in [-0.15, -0.1) is 22.7 Å². The molecule has 0 spiro atoms. The van der Waals surface area contributed by atoms with Crippen molar-refractivity contribution in [3.05, 3.63) is 74.1 Å². The molecule has 3 aromatic rings. The minimum Gasteiger partial charge on any atom is -0.491 e. The Morgan fingerprint density at radius 1 is 1.19 bits per heavy atom. The van der Waals surface area contributed by atoms with Gasteiger partial charge in [-0.05, 0) is 59.1 Å². The molecule has 3 heterocycles. The van der Waals surface area contributed by atoms with Crippen molar-refractivity contribution in [3.63, 3.8) is 0 Å². The second kappa shape index (κ2) is 8.24. The average Bonchev–Trinajstić information content (AvgIpc) is 3.38. The van der Waals surface area contributed by atoms with E-state index in [0.29, 0.717) is 17.9 Å². The van der Waals surface area contributed by atoms with Crippen molar-refractivity contribution in [2.24, 2.45) is 0 Å². The predicted octanol–water partition coefficient (Wildman–Crippen LogP) is 4.07. The number of hydrogen-bond acceptors (Lipinski definition) is 6. The zero-order chi connectivity index (χ0) is 18.6. The van der Waals surface area contributed by atoms with Crippen LogP contribution in [0.5, 0.6) is 5.75 Å². The van der Waals surface area contributed by atoms with Gasteiger partial charge in [-0.25, -0.2) is 0 Å². The lowest BCUT2D eigenvalue weighted by Crippen LogP contribution is -2.41. The Morgan fingerprint density at radius 3 is 2.78 bits per heavy atom. The lowest BCUT2D eigenvalue weighted by molar-refractivity contribution is 0.0562. The summed E-state index contributed by atoms with van der Waals surface area (Å²) in [5.74, 6) is 0.668. The van der Waals surface area contributed by atoms with Gasteiger partial charge in [-0.3, -0.25) is 4.90 Å². The van der Waals surface area contributed by atoms with E-state index < -0.39 is 6.10 Å². The highest BCUT2D eigenvalue weighted by Crippen LogP contribution is 2.39. The fraction of sp³-hybridized carbons (Fsp3) is 0.286. The minimum atomic E-state index is -0.580. The van der Waals surface area contributed by atoms with E-state index in [0.717, 1.165) is 13.0 Å². The Labute approximate surface area is 166 Å². The number of benzene rings is 1. The molecule has 1 N–H and O–H groups in total. The molecule has 2 atom stereocenters. The van der Waals surface area contributed by atoms with E-state index in [1.54, 1.807) is 35.6 Å². The first-order valence-electron chi connectivity index (χ1n) is 8.89. The van der Waals surface area contributed by atoms with Gasteiger partial charge in [0.2, 0.25) is 0 Å². The first-order chi connectivity index (χ1) is 13.2. The van der Waals surface area contributed by atoms with Crippen molar-refractivity contribution in [1.29, 1.82) is 5.26 Å². The van der Waals surface area contributed by atoms with Crippen LogP contribution < -0.4 is 4.74 Å². The maximum atomic E-state index is 10.6. The molecule has 0 bridgehead atoms. The van der Waals surface area contributed by atoms with Crippen LogP contribution in [0, 0.1) is 11.3 Å². The second-order valence-corrected chi connectivity index (χ2v) is 8.54. The quantitative estimate of drug-likeness (QED) is 0.682. The summed E-state index contributed by atoms with van der Waals surface area (Å²) in [6.45, 7) is 1.73. The van der Waals surface area contributed by atoms with Gasteiger partial charge >= 0.3 is 0 Å². The van der Waals surface area contributed by atoms with E-state index >= 15 is 0 Å². The Kier molecular flexibility index (Phi) is 5.55. The van der Waals surface area contributed by atoms with Crippen molar-refractivity contribution in [1.82, 2.24) is 4.90 Å². The molecule has 2 aromatic heterocycles. The van der Waals surface area contributed by atoms with Crippen LogP contribution in [0.25, 0.3) is 0 Å². The van der Waals surface area contributed by atoms with Crippen LogP contribution >= 0.6 is 22.7 Å². The highest BCUT2D eigenvalue weighted by atomic mass is 32.1. The van der Waals surface area contributed by atoms with Gasteiger partial charge in [-0.2, -0.15) is 5.26 Å². The molecule has 6 heteroatoms. The summed E-state index contributed by atoms with van der Waals surface area (Å²) in [6, 6.07) is 15.7. The van der Waals surface area contributed by atoms with Crippen molar-refractivity contribution in [3.8, 4) is 11.8 Å². The molecule has 0 radical (unpaired) electrons. The zero-order valence-corrected chi connectivity index (χ0v) is 16.4. The SMILES string of the molecule is N#Cc1ccc(OC[C@@H](O)CN2CCc3sccc3[C@H]2c2cccs2)cc1. The summed E-state index contributed by atoms with van der Waals surface area (Å²) in [5, 5.41) is 23.7. The van der Waals surface area contributed by atoms with E-state index in [4.69, 9.17) is 10.00 Å². The monoisotopic (exact) mass is 396 g/mol. The number of aliphatic hydroxyl groups excluding tert-OH is 1. The molecule has 27 heavy (non-hydrogen) atoms. The second-order valence-electron chi connectivity index (χ2n) is 6.56. The molecule has 4 nitrogen and oxygen atoms in total. The summed E-state index contributed by atoms with van der Waals surface area (Å²) in [6.07, 6.45) is 0.446. The molecular weight excluding hydrogens is 376 g/mol. The number of hydrogen-bond donors (Lipinski definition) is 1. The third-order valence-corrected chi connectivity index (χ3v) is 6.67. The Balaban J connectivity index is 1.42. The summed E-state index contributed by atoms with van der Waals surface area (Å²) < 4.78 is 5.71. The third-order valence-electron chi connectivity index (χ3n) is 4.75. The van der Waals surface area contributed by atoms with Crippen LogP contribution in [0.2, 0.25) is 0 Å². The predicted molar refractivity (Wildman–Crippen MR) is 108 cm³/mol. The van der Waals surface area contributed by atoms with Crippen LogP contribution in [-0.4, -0.2) is 35.8 Å². The molecule has 0 saturated heterocycles. The molecule has 1 aliphatic heterocycles. The van der Waals surface area contributed by atoms with E-state index in [-0.39, 0.29) is 12.6 Å². The molecule has 1 aliphatic rings. The van der Waals surface area contributed by atoms with Crippen LogP contribution in [-0.2, 0) is 6.42 Å². The zero-order valence-electron chi connectivity index (χ0n) is 14.7. The number of fused-ring (bicyclic) bond motifs is 1. The van der Waals surface area contributed by atoms with Crippen LogP contribution in [0.1, 0.15) is 26.9 Å². The van der Waals surface area contributed by atoms with Gasteiger partial charge in [0.25, 0.3) is 0 Å². The number of nitriles is 1. The molecule has 0 aliphatic carbocycles. The van der Waals surface area contributed by atoms with Gasteiger partial charge in [-0.1, -0.05) is 6.07 Å². The summed E-state index contributed by atoms with van der Waals surface area (Å²) in [7, 11) is 0. The number of rotatable bonds is 6. The minimum absolute atomic E-state index is 0.213. The first-order valence-corrected chi connectivity index (χ1v) is 10.7. The van der Waals surface area contributed by atoms with Gasteiger partial charge < -0.3 is 9.84 Å². The van der Waals surface area contributed by atoms with Gasteiger partial charge in [0.05, 0.1) is 17.7 Å². The topological polar surface area (TPSA) is 56.5 Å².